The molecule has 0 aliphatic carbocycles. The Bertz CT molecular complexity index is 718. The molecule has 2 atom stereocenters. The van der Waals surface area contributed by atoms with Crippen molar-refractivity contribution < 1.29 is 9.53 Å². The molecule has 3 nitrogen and oxygen atoms in total. The molecule has 0 aliphatic rings. The van der Waals surface area contributed by atoms with E-state index in [1.165, 1.54) is 0 Å². The van der Waals surface area contributed by atoms with E-state index in [2.05, 4.69) is 19.2 Å². The molecule has 128 valence electrons. The third-order valence-corrected chi connectivity index (χ3v) is 4.75. The lowest BCUT2D eigenvalue weighted by atomic mass is 9.97. The third-order valence-electron chi connectivity index (χ3n) is 3.95. The van der Waals surface area contributed by atoms with Gasteiger partial charge in [0.1, 0.15) is 10.8 Å². The number of hydrogen-bond donors (Lipinski definition) is 1. The van der Waals surface area contributed by atoms with Gasteiger partial charge in [0.15, 0.2) is 6.10 Å². The zero-order valence-electron chi connectivity index (χ0n) is 14.0. The lowest BCUT2D eigenvalue weighted by Gasteiger charge is -2.19. The number of benzene rings is 2. The van der Waals surface area contributed by atoms with Crippen LogP contribution >= 0.6 is 23.2 Å². The van der Waals surface area contributed by atoms with Crippen LogP contribution in [0.1, 0.15) is 38.7 Å². The predicted molar refractivity (Wildman–Crippen MR) is 100 cm³/mol. The van der Waals surface area contributed by atoms with Gasteiger partial charge in [-0.15, -0.1) is 0 Å². The Kier molecular flexibility index (Phi) is 6.52. The minimum absolute atomic E-state index is 0.234. The maximum atomic E-state index is 12.5. The predicted octanol–water partition coefficient (Wildman–Crippen LogP) is 5.91. The Balaban J connectivity index is 2.11. The van der Waals surface area contributed by atoms with Crippen LogP contribution in [0.4, 0.5) is 5.69 Å². The molecule has 0 aromatic heterocycles. The number of halogens is 2. The van der Waals surface area contributed by atoms with Crippen LogP contribution in [0.25, 0.3) is 0 Å². The molecule has 0 saturated carbocycles. The first-order valence-electron chi connectivity index (χ1n) is 7.94. The maximum absolute atomic E-state index is 12.5. The summed E-state index contributed by atoms with van der Waals surface area (Å²) in [5.74, 6) is 0.518. The molecule has 2 aromatic rings. The summed E-state index contributed by atoms with van der Waals surface area (Å²) < 4.78 is 5.66. The molecular weight excluding hydrogens is 345 g/mol. The van der Waals surface area contributed by atoms with Crippen molar-refractivity contribution in [2.45, 2.75) is 39.2 Å². The largest absolute Gasteiger partial charge is 0.479 e. The minimum Gasteiger partial charge on any atom is -0.479 e. The van der Waals surface area contributed by atoms with Crippen LogP contribution in [-0.2, 0) is 4.79 Å². The summed E-state index contributed by atoms with van der Waals surface area (Å²) in [6.45, 7) is 5.94. The molecule has 0 heterocycles. The van der Waals surface area contributed by atoms with Crippen molar-refractivity contribution >= 4 is 34.8 Å². The number of carbonyl (C=O) groups is 1. The Labute approximate surface area is 152 Å². The first kappa shape index (κ1) is 18.6. The van der Waals surface area contributed by atoms with Crippen molar-refractivity contribution in [2.24, 2.45) is 0 Å². The smallest absolute Gasteiger partial charge is 0.265 e. The van der Waals surface area contributed by atoms with Crippen molar-refractivity contribution in [2.75, 3.05) is 5.32 Å². The maximum Gasteiger partial charge on any atom is 0.265 e. The summed E-state index contributed by atoms with van der Waals surface area (Å²) in [5.41, 5.74) is 1.92. The van der Waals surface area contributed by atoms with Crippen molar-refractivity contribution in [1.29, 1.82) is 0 Å². The van der Waals surface area contributed by atoms with Crippen LogP contribution in [-0.4, -0.2) is 12.0 Å². The average Bonchev–Trinajstić information content (AvgIpc) is 2.58. The second-order valence-electron chi connectivity index (χ2n) is 5.70. The fourth-order valence-corrected chi connectivity index (χ4v) is 2.65. The lowest BCUT2D eigenvalue weighted by molar-refractivity contribution is -0.122. The number of amides is 1. The van der Waals surface area contributed by atoms with Gasteiger partial charge in [0.05, 0.1) is 5.02 Å². The van der Waals surface area contributed by atoms with E-state index in [1.54, 1.807) is 25.1 Å². The monoisotopic (exact) mass is 365 g/mol. The van der Waals surface area contributed by atoms with Crippen LogP contribution in [0.15, 0.2) is 42.5 Å². The number of rotatable bonds is 6. The van der Waals surface area contributed by atoms with Gasteiger partial charge in [0.25, 0.3) is 5.91 Å². The zero-order valence-corrected chi connectivity index (χ0v) is 15.5. The van der Waals surface area contributed by atoms with E-state index < -0.39 is 6.10 Å². The van der Waals surface area contributed by atoms with Gasteiger partial charge in [0.2, 0.25) is 0 Å². The molecule has 24 heavy (non-hydrogen) atoms. The first-order valence-corrected chi connectivity index (χ1v) is 8.70. The summed E-state index contributed by atoms with van der Waals surface area (Å²) in [4.78, 5) is 12.5. The summed E-state index contributed by atoms with van der Waals surface area (Å²) in [7, 11) is 0. The van der Waals surface area contributed by atoms with Gasteiger partial charge in [-0.25, -0.2) is 0 Å². The minimum atomic E-state index is -0.703. The molecular formula is C19H21Cl2NO2. The zero-order chi connectivity index (χ0) is 17.7. The molecule has 0 unspecified atom stereocenters. The average molecular weight is 366 g/mol. The van der Waals surface area contributed by atoms with E-state index in [4.69, 9.17) is 27.9 Å². The van der Waals surface area contributed by atoms with Gasteiger partial charge in [-0.1, -0.05) is 61.3 Å². The summed E-state index contributed by atoms with van der Waals surface area (Å²) >= 11 is 12.1. The molecule has 0 spiro atoms. The van der Waals surface area contributed by atoms with Gasteiger partial charge >= 0.3 is 0 Å². The summed E-state index contributed by atoms with van der Waals surface area (Å²) in [6.07, 6.45) is 0.294. The van der Waals surface area contributed by atoms with E-state index in [0.717, 1.165) is 17.7 Å². The highest BCUT2D eigenvalue weighted by Crippen LogP contribution is 2.32. The second-order valence-corrected chi connectivity index (χ2v) is 6.48. The molecule has 1 N–H and O–H groups in total. The van der Waals surface area contributed by atoms with Crippen molar-refractivity contribution in [3.8, 4) is 5.75 Å². The molecule has 0 aliphatic heterocycles. The number of anilines is 1. The Hall–Kier alpha value is -1.71. The standard InChI is InChI=1S/C19H21Cl2NO2/c1-4-12(2)14-8-5-6-10-16(14)22-19(23)13(3)24-17-11-7-9-15(20)18(17)21/h5-13H,4H2,1-3H3,(H,22,23)/t12-,13+/m1/s1. The van der Waals surface area contributed by atoms with Crippen LogP contribution in [0, 0.1) is 0 Å². The Morgan fingerprint density at radius 2 is 1.83 bits per heavy atom. The molecule has 2 rings (SSSR count). The quantitative estimate of drug-likeness (QED) is 0.690. The van der Waals surface area contributed by atoms with Gasteiger partial charge in [-0.3, -0.25) is 4.79 Å². The molecule has 0 fully saturated rings. The number of ether oxygens (including phenoxy) is 1. The molecule has 0 saturated heterocycles. The summed E-state index contributed by atoms with van der Waals surface area (Å²) in [5, 5.41) is 3.64. The van der Waals surface area contributed by atoms with Gasteiger partial charge in [0, 0.05) is 5.69 Å². The second kappa shape index (κ2) is 8.41. The molecule has 0 radical (unpaired) electrons. The first-order chi connectivity index (χ1) is 11.4. The SMILES string of the molecule is CC[C@@H](C)c1ccccc1NC(=O)[C@H](C)Oc1cccc(Cl)c1Cl. The Morgan fingerprint density at radius 3 is 2.54 bits per heavy atom. The Morgan fingerprint density at radius 1 is 1.12 bits per heavy atom. The number of para-hydroxylation sites is 1. The topological polar surface area (TPSA) is 38.3 Å². The highest BCUT2D eigenvalue weighted by atomic mass is 35.5. The van der Waals surface area contributed by atoms with Crippen LogP contribution in [0.3, 0.4) is 0 Å². The highest BCUT2D eigenvalue weighted by molar-refractivity contribution is 6.42. The number of hydrogen-bond acceptors (Lipinski definition) is 2. The van der Waals surface area contributed by atoms with E-state index in [9.17, 15) is 4.79 Å². The van der Waals surface area contributed by atoms with E-state index >= 15 is 0 Å². The third kappa shape index (κ3) is 4.43. The fraction of sp³-hybridized carbons (Fsp3) is 0.316. The van der Waals surface area contributed by atoms with Gasteiger partial charge in [-0.2, -0.15) is 0 Å². The van der Waals surface area contributed by atoms with Crippen molar-refractivity contribution in [1.82, 2.24) is 0 Å². The van der Waals surface area contributed by atoms with E-state index in [-0.39, 0.29) is 5.91 Å². The van der Waals surface area contributed by atoms with Gasteiger partial charge < -0.3 is 10.1 Å². The highest BCUT2D eigenvalue weighted by Gasteiger charge is 2.19. The fourth-order valence-electron chi connectivity index (χ4n) is 2.31. The molecule has 0 bridgehead atoms. The van der Waals surface area contributed by atoms with E-state index in [1.807, 2.05) is 24.3 Å². The summed E-state index contributed by atoms with van der Waals surface area (Å²) in [6, 6.07) is 12.9. The lowest BCUT2D eigenvalue weighted by Crippen LogP contribution is -2.30. The van der Waals surface area contributed by atoms with E-state index in [0.29, 0.717) is 21.7 Å². The number of carbonyl (C=O) groups excluding carboxylic acids is 1. The van der Waals surface area contributed by atoms with Crippen LogP contribution < -0.4 is 10.1 Å². The van der Waals surface area contributed by atoms with Crippen molar-refractivity contribution in [3.63, 3.8) is 0 Å². The van der Waals surface area contributed by atoms with Gasteiger partial charge in [-0.05, 0) is 43.0 Å². The van der Waals surface area contributed by atoms with Crippen LogP contribution in [0.5, 0.6) is 5.75 Å². The van der Waals surface area contributed by atoms with Crippen molar-refractivity contribution in [3.05, 3.63) is 58.1 Å². The van der Waals surface area contributed by atoms with Crippen LogP contribution in [0.2, 0.25) is 10.0 Å². The number of nitrogens with one attached hydrogen (secondary N) is 1. The molecule has 5 heteroatoms. The molecule has 2 aromatic carbocycles. The normalized spacial score (nSPS) is 13.2. The molecule has 1 amide bonds.